The summed E-state index contributed by atoms with van der Waals surface area (Å²) in [5, 5.41) is 20.1. The van der Waals surface area contributed by atoms with Crippen LogP contribution in [0.4, 0.5) is 0 Å². The molecule has 2 amide bonds. The molecule has 0 bridgehead atoms. The SMILES string of the molecule is O=C1c2ccccc2C(=O)N1[C@H](CO)[C@@H](O)c1ccccc1. The number of nitrogens with zero attached hydrogens (tertiary/aromatic N) is 1. The summed E-state index contributed by atoms with van der Waals surface area (Å²) in [6, 6.07) is 14.1. The van der Waals surface area contributed by atoms with E-state index in [2.05, 4.69) is 0 Å². The fourth-order valence-corrected chi connectivity index (χ4v) is 2.70. The summed E-state index contributed by atoms with van der Waals surface area (Å²) < 4.78 is 0. The van der Waals surface area contributed by atoms with Gasteiger partial charge in [0, 0.05) is 0 Å². The van der Waals surface area contributed by atoms with Crippen LogP contribution in [0.2, 0.25) is 0 Å². The molecule has 2 N–H and O–H groups in total. The van der Waals surface area contributed by atoms with Gasteiger partial charge in [-0.05, 0) is 17.7 Å². The Bertz CT molecular complexity index is 679. The van der Waals surface area contributed by atoms with Crippen molar-refractivity contribution in [3.63, 3.8) is 0 Å². The van der Waals surface area contributed by atoms with Gasteiger partial charge in [0.2, 0.25) is 0 Å². The van der Waals surface area contributed by atoms with Gasteiger partial charge in [-0.2, -0.15) is 0 Å². The maximum Gasteiger partial charge on any atom is 0.261 e. The smallest absolute Gasteiger partial charge is 0.261 e. The van der Waals surface area contributed by atoms with Crippen LogP contribution in [-0.4, -0.2) is 39.6 Å². The summed E-state index contributed by atoms with van der Waals surface area (Å²) in [5.74, 6) is -0.982. The molecule has 0 fully saturated rings. The normalized spacial score (nSPS) is 16.5. The number of rotatable bonds is 4. The molecule has 0 saturated heterocycles. The number of aliphatic hydroxyl groups is 2. The molecule has 2 aromatic carbocycles. The van der Waals surface area contributed by atoms with Crippen LogP contribution < -0.4 is 0 Å². The Hall–Kier alpha value is -2.50. The van der Waals surface area contributed by atoms with Crippen molar-refractivity contribution >= 4 is 11.8 Å². The molecule has 0 saturated carbocycles. The Balaban J connectivity index is 1.96. The third-order valence-electron chi connectivity index (χ3n) is 3.85. The number of hydrogen-bond acceptors (Lipinski definition) is 4. The Labute approximate surface area is 127 Å². The highest BCUT2D eigenvalue weighted by atomic mass is 16.3. The van der Waals surface area contributed by atoms with Crippen LogP contribution in [0.5, 0.6) is 0 Å². The number of carbonyl (C=O) groups is 2. The van der Waals surface area contributed by atoms with E-state index in [0.717, 1.165) is 4.90 Å². The van der Waals surface area contributed by atoms with Crippen LogP contribution in [0.3, 0.4) is 0 Å². The topological polar surface area (TPSA) is 77.8 Å². The molecule has 1 aliphatic rings. The summed E-state index contributed by atoms with van der Waals surface area (Å²) >= 11 is 0. The second-order valence-electron chi connectivity index (χ2n) is 5.13. The number of aliphatic hydroxyl groups excluding tert-OH is 2. The van der Waals surface area contributed by atoms with Crippen molar-refractivity contribution in [2.75, 3.05) is 6.61 Å². The molecule has 1 heterocycles. The van der Waals surface area contributed by atoms with E-state index in [-0.39, 0.29) is 0 Å². The monoisotopic (exact) mass is 297 g/mol. The van der Waals surface area contributed by atoms with E-state index in [9.17, 15) is 19.8 Å². The summed E-state index contributed by atoms with van der Waals surface area (Å²) in [6.45, 7) is -0.512. The summed E-state index contributed by atoms with van der Waals surface area (Å²) in [7, 11) is 0. The molecule has 2 aromatic rings. The van der Waals surface area contributed by atoms with Crippen molar-refractivity contribution in [1.82, 2.24) is 4.90 Å². The van der Waals surface area contributed by atoms with Gasteiger partial charge in [-0.15, -0.1) is 0 Å². The third-order valence-corrected chi connectivity index (χ3v) is 3.85. The molecule has 0 radical (unpaired) electrons. The van der Waals surface area contributed by atoms with Gasteiger partial charge >= 0.3 is 0 Å². The van der Waals surface area contributed by atoms with Gasteiger partial charge in [0.1, 0.15) is 6.10 Å². The zero-order valence-corrected chi connectivity index (χ0v) is 11.7. The molecule has 5 nitrogen and oxygen atoms in total. The predicted molar refractivity (Wildman–Crippen MR) is 79.2 cm³/mol. The highest BCUT2D eigenvalue weighted by Crippen LogP contribution is 2.29. The minimum Gasteiger partial charge on any atom is -0.394 e. The third kappa shape index (κ3) is 2.20. The lowest BCUT2D eigenvalue weighted by atomic mass is 10.0. The fourth-order valence-electron chi connectivity index (χ4n) is 2.70. The minimum absolute atomic E-state index is 0.297. The van der Waals surface area contributed by atoms with Crippen molar-refractivity contribution in [3.8, 4) is 0 Å². The molecule has 1 aliphatic heterocycles. The van der Waals surface area contributed by atoms with Crippen LogP contribution >= 0.6 is 0 Å². The first-order chi connectivity index (χ1) is 10.6. The van der Waals surface area contributed by atoms with Gasteiger partial charge in [-0.1, -0.05) is 42.5 Å². The van der Waals surface area contributed by atoms with Crippen molar-refractivity contribution in [1.29, 1.82) is 0 Å². The maximum atomic E-state index is 12.4. The molecule has 3 rings (SSSR count). The summed E-state index contributed by atoms with van der Waals surface area (Å²) in [4.78, 5) is 25.8. The fraction of sp³-hybridized carbons (Fsp3) is 0.176. The lowest BCUT2D eigenvalue weighted by molar-refractivity contribution is 0.0172. The second-order valence-corrected chi connectivity index (χ2v) is 5.13. The van der Waals surface area contributed by atoms with Crippen molar-refractivity contribution in [3.05, 3.63) is 71.3 Å². The van der Waals surface area contributed by atoms with Gasteiger partial charge in [-0.25, -0.2) is 0 Å². The van der Waals surface area contributed by atoms with Crippen LogP contribution in [0, 0.1) is 0 Å². The Morgan fingerprint density at radius 3 is 1.86 bits per heavy atom. The first kappa shape index (κ1) is 14.4. The van der Waals surface area contributed by atoms with Crippen molar-refractivity contribution in [2.45, 2.75) is 12.1 Å². The quantitative estimate of drug-likeness (QED) is 0.836. The van der Waals surface area contributed by atoms with Crippen LogP contribution in [-0.2, 0) is 0 Å². The number of benzene rings is 2. The van der Waals surface area contributed by atoms with E-state index in [0.29, 0.717) is 16.7 Å². The molecule has 22 heavy (non-hydrogen) atoms. The summed E-state index contributed by atoms with van der Waals surface area (Å²) in [6.07, 6.45) is -1.14. The zero-order valence-electron chi connectivity index (χ0n) is 11.7. The molecule has 0 aliphatic carbocycles. The van der Waals surface area contributed by atoms with Gasteiger partial charge < -0.3 is 10.2 Å². The number of imide groups is 1. The molecule has 0 aromatic heterocycles. The zero-order chi connectivity index (χ0) is 15.7. The standard InChI is InChI=1S/C17H15NO4/c19-10-14(15(20)11-6-2-1-3-7-11)18-16(21)12-8-4-5-9-13(12)17(18)22/h1-9,14-15,19-20H,10H2/t14-,15+/m1/s1. The number of carbonyl (C=O) groups excluding carboxylic acids is 2. The predicted octanol–water partition coefficient (Wildman–Crippen LogP) is 1.38. The van der Waals surface area contributed by atoms with Crippen LogP contribution in [0.15, 0.2) is 54.6 Å². The molecular formula is C17H15NO4. The number of hydrogen-bond donors (Lipinski definition) is 2. The highest BCUT2D eigenvalue weighted by molar-refractivity contribution is 6.21. The van der Waals surface area contributed by atoms with Gasteiger partial charge in [0.15, 0.2) is 0 Å². The number of fused-ring (bicyclic) bond motifs is 1. The van der Waals surface area contributed by atoms with E-state index in [1.165, 1.54) is 0 Å². The van der Waals surface area contributed by atoms with Crippen LogP contribution in [0.25, 0.3) is 0 Å². The van der Waals surface area contributed by atoms with Crippen molar-refractivity contribution in [2.24, 2.45) is 0 Å². The Morgan fingerprint density at radius 2 is 1.36 bits per heavy atom. The van der Waals surface area contributed by atoms with Gasteiger partial charge in [0.05, 0.1) is 23.8 Å². The van der Waals surface area contributed by atoms with E-state index in [4.69, 9.17) is 0 Å². The van der Waals surface area contributed by atoms with Crippen LogP contribution in [0.1, 0.15) is 32.4 Å². The molecular weight excluding hydrogens is 282 g/mol. The lowest BCUT2D eigenvalue weighted by Crippen LogP contribution is -2.45. The molecule has 5 heteroatoms. The largest absolute Gasteiger partial charge is 0.394 e. The van der Waals surface area contributed by atoms with Gasteiger partial charge in [0.25, 0.3) is 11.8 Å². The van der Waals surface area contributed by atoms with Gasteiger partial charge in [-0.3, -0.25) is 14.5 Å². The number of amides is 2. The molecule has 0 spiro atoms. The molecule has 112 valence electrons. The first-order valence-corrected chi connectivity index (χ1v) is 6.96. The Morgan fingerprint density at radius 1 is 0.864 bits per heavy atom. The average molecular weight is 297 g/mol. The van der Waals surface area contributed by atoms with E-state index in [1.807, 2.05) is 0 Å². The van der Waals surface area contributed by atoms with E-state index < -0.39 is 30.6 Å². The molecule has 0 unspecified atom stereocenters. The Kier molecular flexibility index (Phi) is 3.75. The highest BCUT2D eigenvalue weighted by Gasteiger charge is 2.42. The van der Waals surface area contributed by atoms with E-state index >= 15 is 0 Å². The first-order valence-electron chi connectivity index (χ1n) is 6.96. The minimum atomic E-state index is -1.14. The van der Waals surface area contributed by atoms with Crippen molar-refractivity contribution < 1.29 is 19.8 Å². The lowest BCUT2D eigenvalue weighted by Gasteiger charge is -2.29. The van der Waals surface area contributed by atoms with E-state index in [1.54, 1.807) is 54.6 Å². The molecule has 2 atom stereocenters. The summed E-state index contributed by atoms with van der Waals surface area (Å²) in [5.41, 5.74) is 1.13. The maximum absolute atomic E-state index is 12.4. The average Bonchev–Trinajstić information content (AvgIpc) is 2.82. The second kappa shape index (κ2) is 5.71.